The minimum Gasteiger partial charge on any atom is -0.493 e. The van der Waals surface area contributed by atoms with Crippen molar-refractivity contribution in [2.75, 3.05) is 7.11 Å². The summed E-state index contributed by atoms with van der Waals surface area (Å²) < 4.78 is 10.7. The number of fused-ring (bicyclic) bond motifs is 1. The number of amides is 1. The Hall–Kier alpha value is -4.11. The molecule has 0 atom stereocenters. The van der Waals surface area contributed by atoms with Gasteiger partial charge in [-0.15, -0.1) is 0 Å². The van der Waals surface area contributed by atoms with Crippen molar-refractivity contribution in [3.63, 3.8) is 0 Å². The van der Waals surface area contributed by atoms with Gasteiger partial charge < -0.3 is 9.15 Å². The molecule has 33 heavy (non-hydrogen) atoms. The zero-order chi connectivity index (χ0) is 23.4. The molecule has 0 bridgehead atoms. The van der Waals surface area contributed by atoms with E-state index in [9.17, 15) is 14.9 Å². The minimum atomic E-state index is -0.585. The van der Waals surface area contributed by atoms with E-state index in [1.165, 1.54) is 37.1 Å². The van der Waals surface area contributed by atoms with Crippen LogP contribution in [0, 0.1) is 17.0 Å². The third kappa shape index (κ3) is 5.21. The quantitative estimate of drug-likeness (QED) is 0.219. The molecule has 0 spiro atoms. The largest absolute Gasteiger partial charge is 0.493 e. The van der Waals surface area contributed by atoms with Crippen LogP contribution in [0.3, 0.4) is 0 Å². The highest BCUT2D eigenvalue weighted by Gasteiger charge is 2.19. The van der Waals surface area contributed by atoms with Gasteiger partial charge in [0.1, 0.15) is 0 Å². The maximum Gasteiger partial charge on any atom is 0.307 e. The Morgan fingerprint density at radius 2 is 1.76 bits per heavy atom. The second-order valence-electron chi connectivity index (χ2n) is 7.12. The molecule has 1 amide bonds. The molecule has 0 aliphatic carbocycles. The number of furan rings is 1. The molecule has 0 fully saturated rings. The molecule has 0 aliphatic rings. The average Bonchev–Trinajstić information content (AvgIpc) is 3.25. The number of hydrogen-bond acceptors (Lipinski definition) is 7. The van der Waals surface area contributed by atoms with Gasteiger partial charge in [-0.1, -0.05) is 41.6 Å². The highest BCUT2D eigenvalue weighted by molar-refractivity contribution is 7.99. The van der Waals surface area contributed by atoms with Gasteiger partial charge in [0.05, 0.1) is 24.3 Å². The molecular weight excluding hydrogens is 442 g/mol. The Morgan fingerprint density at radius 1 is 1.09 bits per heavy atom. The lowest BCUT2D eigenvalue weighted by atomic mass is 10.2. The Labute approximate surface area is 193 Å². The number of benzene rings is 3. The van der Waals surface area contributed by atoms with Crippen molar-refractivity contribution < 1.29 is 18.9 Å². The number of ether oxygens (including phenoxy) is 1. The number of rotatable bonds is 7. The van der Waals surface area contributed by atoms with Gasteiger partial charge in [-0.05, 0) is 42.8 Å². The lowest BCUT2D eigenvalue weighted by Crippen LogP contribution is -2.16. The van der Waals surface area contributed by atoms with Crippen LogP contribution in [0.1, 0.15) is 21.7 Å². The summed E-state index contributed by atoms with van der Waals surface area (Å²) in [5.41, 5.74) is 4.52. The molecule has 4 aromatic rings. The molecule has 166 valence electrons. The summed E-state index contributed by atoms with van der Waals surface area (Å²) >= 11 is 1.66. The van der Waals surface area contributed by atoms with E-state index in [1.54, 1.807) is 11.8 Å². The number of nitro groups is 1. The smallest absolute Gasteiger partial charge is 0.307 e. The van der Waals surface area contributed by atoms with Crippen molar-refractivity contribution >= 4 is 40.5 Å². The molecular formula is C24H19N3O5S. The molecule has 0 unspecified atom stereocenters. The van der Waals surface area contributed by atoms with Crippen molar-refractivity contribution in [3.05, 3.63) is 93.7 Å². The highest BCUT2D eigenvalue weighted by Crippen LogP contribution is 2.33. The van der Waals surface area contributed by atoms with Gasteiger partial charge in [-0.25, -0.2) is 5.43 Å². The number of carbonyl (C=O) groups excluding carboxylic acids is 1. The second-order valence-corrected chi connectivity index (χ2v) is 8.26. The number of methoxy groups -OCH3 is 1. The van der Waals surface area contributed by atoms with Crippen molar-refractivity contribution in [1.82, 2.24) is 5.43 Å². The van der Waals surface area contributed by atoms with Crippen LogP contribution >= 0.6 is 11.8 Å². The van der Waals surface area contributed by atoms with Gasteiger partial charge in [-0.3, -0.25) is 14.9 Å². The summed E-state index contributed by atoms with van der Waals surface area (Å²) in [5, 5.41) is 15.4. The summed E-state index contributed by atoms with van der Waals surface area (Å²) in [7, 11) is 1.37. The van der Waals surface area contributed by atoms with E-state index in [0.717, 1.165) is 15.4 Å². The summed E-state index contributed by atoms with van der Waals surface area (Å²) in [6.45, 7) is 2.05. The molecule has 8 nitrogen and oxygen atoms in total. The Morgan fingerprint density at radius 3 is 2.39 bits per heavy atom. The topological polar surface area (TPSA) is 107 Å². The lowest BCUT2D eigenvalue weighted by molar-refractivity contribution is -0.384. The Balaban J connectivity index is 1.41. The van der Waals surface area contributed by atoms with Crippen LogP contribution < -0.4 is 10.2 Å². The first-order valence-corrected chi connectivity index (χ1v) is 10.7. The van der Waals surface area contributed by atoms with E-state index >= 15 is 0 Å². The molecule has 0 aliphatic heterocycles. The number of hydrogen-bond donors (Lipinski definition) is 1. The Bertz CT molecular complexity index is 1350. The normalized spacial score (nSPS) is 11.1. The fraction of sp³-hybridized carbons (Fsp3) is 0.0833. The van der Waals surface area contributed by atoms with Gasteiger partial charge in [-0.2, -0.15) is 5.10 Å². The standard InChI is InChI=1S/C24H19N3O5S/c1-15-3-7-19(8-4-15)33-20-9-5-16(6-10-20)14-25-26-24(28)22-12-17-11-18(27(29)30)13-21(31-2)23(17)32-22/h3-14H,1-2H3,(H,26,28)/b25-14-. The van der Waals surface area contributed by atoms with Crippen LogP contribution in [0.25, 0.3) is 11.0 Å². The second kappa shape index (κ2) is 9.58. The number of nitrogens with zero attached hydrogens (tertiary/aromatic N) is 2. The summed E-state index contributed by atoms with van der Waals surface area (Å²) in [6, 6.07) is 20.0. The number of nitrogens with one attached hydrogen (secondary N) is 1. The van der Waals surface area contributed by atoms with Gasteiger partial charge >= 0.3 is 5.91 Å². The zero-order valence-electron chi connectivity index (χ0n) is 17.8. The van der Waals surface area contributed by atoms with Crippen molar-refractivity contribution in [2.45, 2.75) is 16.7 Å². The molecule has 0 saturated heterocycles. The van der Waals surface area contributed by atoms with E-state index in [2.05, 4.69) is 41.7 Å². The van der Waals surface area contributed by atoms with Crippen molar-refractivity contribution in [1.29, 1.82) is 0 Å². The number of non-ortho nitro benzene ring substituents is 1. The van der Waals surface area contributed by atoms with Gasteiger partial charge in [0, 0.05) is 21.2 Å². The predicted molar refractivity (Wildman–Crippen MR) is 126 cm³/mol. The van der Waals surface area contributed by atoms with Gasteiger partial charge in [0.15, 0.2) is 17.1 Å². The van der Waals surface area contributed by atoms with Gasteiger partial charge in [0.25, 0.3) is 5.69 Å². The SMILES string of the molecule is COc1cc([N+](=O)[O-])cc2cc(C(=O)N/N=C\c3ccc(Sc4ccc(C)cc4)cc3)oc12. The maximum absolute atomic E-state index is 12.4. The monoisotopic (exact) mass is 461 g/mol. The molecule has 9 heteroatoms. The summed E-state index contributed by atoms with van der Waals surface area (Å²) in [6.07, 6.45) is 1.52. The van der Waals surface area contributed by atoms with Crippen molar-refractivity contribution in [3.8, 4) is 5.75 Å². The van der Waals surface area contributed by atoms with Gasteiger partial charge in [0.2, 0.25) is 0 Å². The van der Waals surface area contributed by atoms with E-state index < -0.39 is 10.8 Å². The third-order valence-electron chi connectivity index (χ3n) is 4.74. The third-order valence-corrected chi connectivity index (χ3v) is 5.75. The first-order chi connectivity index (χ1) is 15.9. The van der Waals surface area contributed by atoms with E-state index in [-0.39, 0.29) is 22.8 Å². The van der Waals surface area contributed by atoms with E-state index in [1.807, 2.05) is 24.3 Å². The fourth-order valence-electron chi connectivity index (χ4n) is 3.06. The predicted octanol–water partition coefficient (Wildman–Crippen LogP) is 5.57. The molecule has 1 heterocycles. The average molecular weight is 461 g/mol. The number of carbonyl (C=O) groups is 1. The van der Waals surface area contributed by atoms with E-state index in [0.29, 0.717) is 5.39 Å². The Kier molecular flexibility index (Phi) is 6.41. The molecule has 0 radical (unpaired) electrons. The van der Waals surface area contributed by atoms with Crippen LogP contribution in [0.2, 0.25) is 0 Å². The zero-order valence-corrected chi connectivity index (χ0v) is 18.6. The maximum atomic E-state index is 12.4. The molecule has 1 N–H and O–H groups in total. The molecule has 4 rings (SSSR count). The number of hydrazone groups is 1. The van der Waals surface area contributed by atoms with Crippen molar-refractivity contribution in [2.24, 2.45) is 5.10 Å². The first-order valence-electron chi connectivity index (χ1n) is 9.87. The molecule has 0 saturated carbocycles. The van der Waals surface area contributed by atoms with Crippen LogP contribution in [-0.2, 0) is 0 Å². The molecule has 3 aromatic carbocycles. The number of aryl methyl sites for hydroxylation is 1. The van der Waals surface area contributed by atoms with Crippen LogP contribution in [0.5, 0.6) is 5.75 Å². The number of nitro benzene ring substituents is 1. The van der Waals surface area contributed by atoms with Crippen LogP contribution in [0.15, 0.2) is 86.0 Å². The lowest BCUT2D eigenvalue weighted by Gasteiger charge is -2.03. The first kappa shape index (κ1) is 22.1. The summed E-state index contributed by atoms with van der Waals surface area (Å²) in [4.78, 5) is 25.2. The van der Waals surface area contributed by atoms with E-state index in [4.69, 9.17) is 9.15 Å². The fourth-order valence-corrected chi connectivity index (χ4v) is 3.88. The van der Waals surface area contributed by atoms with Crippen LogP contribution in [0.4, 0.5) is 5.69 Å². The molecule has 1 aromatic heterocycles. The highest BCUT2D eigenvalue weighted by atomic mass is 32.2. The summed E-state index contributed by atoms with van der Waals surface area (Å²) in [5.74, 6) is -0.449. The van der Waals surface area contributed by atoms with Crippen LogP contribution in [-0.4, -0.2) is 24.2 Å². The minimum absolute atomic E-state index is 0.0363.